The van der Waals surface area contributed by atoms with Crippen molar-refractivity contribution in [3.05, 3.63) is 0 Å². The van der Waals surface area contributed by atoms with Gasteiger partial charge in [0.25, 0.3) is 0 Å². The van der Waals surface area contributed by atoms with Crippen LogP contribution in [0.3, 0.4) is 0 Å². The first-order valence-corrected chi connectivity index (χ1v) is 17.7. The van der Waals surface area contributed by atoms with Gasteiger partial charge in [-0.25, -0.2) is 4.57 Å². The van der Waals surface area contributed by atoms with E-state index in [0.717, 1.165) is 57.3 Å². The van der Waals surface area contributed by atoms with Crippen molar-refractivity contribution in [2.45, 2.75) is 168 Å². The lowest BCUT2D eigenvalue weighted by molar-refractivity contribution is -0.161. The van der Waals surface area contributed by atoms with E-state index in [9.17, 15) is 14.2 Å². The monoisotopic (exact) mass is 592 g/mol. The fourth-order valence-corrected chi connectivity index (χ4v) is 4.98. The molecular weight excluding hydrogens is 531 g/mol. The summed E-state index contributed by atoms with van der Waals surface area (Å²) >= 11 is 0. The molecule has 0 aliphatic rings. The average molecular weight is 593 g/mol. The van der Waals surface area contributed by atoms with Gasteiger partial charge in [-0.3, -0.25) is 14.1 Å². The minimum Gasteiger partial charge on any atom is -0.462 e. The lowest BCUT2D eigenvalue weighted by Crippen LogP contribution is -2.29. The van der Waals surface area contributed by atoms with Crippen LogP contribution in [0.15, 0.2) is 0 Å². The van der Waals surface area contributed by atoms with E-state index in [1.807, 2.05) is 0 Å². The van der Waals surface area contributed by atoms with Gasteiger partial charge in [0.1, 0.15) is 6.61 Å². The van der Waals surface area contributed by atoms with Gasteiger partial charge in [-0.15, -0.1) is 0 Å². The third-order valence-corrected chi connectivity index (χ3v) is 7.54. The van der Waals surface area contributed by atoms with Gasteiger partial charge in [0.2, 0.25) is 0 Å². The molecule has 0 amide bonds. The lowest BCUT2D eigenvalue weighted by atomic mass is 10.0. The first-order chi connectivity index (χ1) is 19.1. The van der Waals surface area contributed by atoms with Crippen LogP contribution in [0.4, 0.5) is 0 Å². The SMILES string of the molecule is CCCCCCCC(=O)OC[C@H](COP(=O)(O)O)OC(=O)CCCCCCCCCCCCCCCCC(C)C. The Balaban J connectivity index is 3.87. The summed E-state index contributed by atoms with van der Waals surface area (Å²) in [6.07, 6.45) is 23.0. The predicted molar refractivity (Wildman–Crippen MR) is 161 cm³/mol. The minimum absolute atomic E-state index is 0.218. The summed E-state index contributed by atoms with van der Waals surface area (Å²) in [6.45, 7) is 5.91. The topological polar surface area (TPSA) is 119 Å². The zero-order valence-corrected chi connectivity index (χ0v) is 26.8. The van der Waals surface area contributed by atoms with E-state index in [2.05, 4.69) is 25.3 Å². The maximum atomic E-state index is 12.2. The van der Waals surface area contributed by atoms with Gasteiger partial charge in [0.05, 0.1) is 6.61 Å². The number of rotatable bonds is 29. The zero-order chi connectivity index (χ0) is 29.9. The molecule has 0 radical (unpaired) electrons. The minimum atomic E-state index is -4.73. The Morgan fingerprint density at radius 3 is 1.50 bits per heavy atom. The average Bonchev–Trinajstić information content (AvgIpc) is 2.89. The van der Waals surface area contributed by atoms with Gasteiger partial charge < -0.3 is 19.3 Å². The van der Waals surface area contributed by atoms with E-state index < -0.39 is 32.5 Å². The summed E-state index contributed by atoms with van der Waals surface area (Å²) in [5, 5.41) is 0. The molecule has 40 heavy (non-hydrogen) atoms. The molecule has 2 N–H and O–H groups in total. The molecule has 0 fully saturated rings. The number of hydrogen-bond acceptors (Lipinski definition) is 6. The molecule has 0 aromatic rings. The van der Waals surface area contributed by atoms with Gasteiger partial charge in [-0.1, -0.05) is 136 Å². The second-order valence-electron chi connectivity index (χ2n) is 11.6. The smallest absolute Gasteiger partial charge is 0.462 e. The van der Waals surface area contributed by atoms with Crippen LogP contribution in [0.5, 0.6) is 0 Å². The summed E-state index contributed by atoms with van der Waals surface area (Å²) in [6, 6.07) is 0. The van der Waals surface area contributed by atoms with Crippen LogP contribution in [0, 0.1) is 5.92 Å². The summed E-state index contributed by atoms with van der Waals surface area (Å²) in [5.74, 6) is -0.0606. The standard InChI is InChI=1S/C31H61O8P/c1-4-5-6-17-21-24-30(32)37-26-29(27-38-40(34,35)36)39-31(33)25-22-19-16-14-12-10-8-7-9-11-13-15-18-20-23-28(2)3/h28-29H,4-27H2,1-3H3,(H2,34,35,36)/t29-/m1/s1. The van der Waals surface area contributed by atoms with Crippen molar-refractivity contribution in [3.63, 3.8) is 0 Å². The van der Waals surface area contributed by atoms with Crippen LogP contribution in [-0.4, -0.2) is 41.0 Å². The molecule has 238 valence electrons. The number of ether oxygens (including phenoxy) is 2. The Morgan fingerprint density at radius 1 is 0.625 bits per heavy atom. The Kier molecular flexibility index (Phi) is 26.3. The van der Waals surface area contributed by atoms with Crippen LogP contribution in [0.2, 0.25) is 0 Å². The summed E-state index contributed by atoms with van der Waals surface area (Å²) in [4.78, 5) is 42.1. The van der Waals surface area contributed by atoms with Crippen molar-refractivity contribution in [3.8, 4) is 0 Å². The van der Waals surface area contributed by atoms with E-state index >= 15 is 0 Å². The molecule has 9 heteroatoms. The Labute approximate surface area is 244 Å². The van der Waals surface area contributed by atoms with Crippen molar-refractivity contribution in [2.75, 3.05) is 13.2 Å². The first kappa shape index (κ1) is 39.0. The van der Waals surface area contributed by atoms with E-state index in [1.54, 1.807) is 0 Å². The molecule has 0 unspecified atom stereocenters. The van der Waals surface area contributed by atoms with Crippen molar-refractivity contribution in [2.24, 2.45) is 5.92 Å². The number of phosphoric acid groups is 1. The van der Waals surface area contributed by atoms with E-state index in [0.29, 0.717) is 6.42 Å². The Morgan fingerprint density at radius 2 is 1.05 bits per heavy atom. The zero-order valence-electron chi connectivity index (χ0n) is 25.9. The normalized spacial score (nSPS) is 12.6. The van der Waals surface area contributed by atoms with Crippen LogP contribution in [0.25, 0.3) is 0 Å². The second-order valence-corrected chi connectivity index (χ2v) is 12.9. The number of phosphoric ester groups is 1. The summed E-state index contributed by atoms with van der Waals surface area (Å²) in [7, 11) is -4.73. The second kappa shape index (κ2) is 26.9. The van der Waals surface area contributed by atoms with Crippen LogP contribution in [0.1, 0.15) is 162 Å². The largest absolute Gasteiger partial charge is 0.469 e. The molecule has 0 aliphatic heterocycles. The lowest BCUT2D eigenvalue weighted by Gasteiger charge is -2.18. The summed E-state index contributed by atoms with van der Waals surface area (Å²) in [5.41, 5.74) is 0. The van der Waals surface area contributed by atoms with Crippen molar-refractivity contribution >= 4 is 19.8 Å². The van der Waals surface area contributed by atoms with Gasteiger partial charge in [-0.2, -0.15) is 0 Å². The Bertz CT molecular complexity index is 649. The molecule has 0 spiro atoms. The van der Waals surface area contributed by atoms with Crippen LogP contribution >= 0.6 is 7.82 Å². The molecule has 0 saturated heterocycles. The molecule has 0 saturated carbocycles. The number of hydrogen-bond donors (Lipinski definition) is 2. The number of carbonyl (C=O) groups is 2. The van der Waals surface area contributed by atoms with Gasteiger partial charge in [0.15, 0.2) is 6.10 Å². The first-order valence-electron chi connectivity index (χ1n) is 16.2. The highest BCUT2D eigenvalue weighted by Gasteiger charge is 2.22. The molecule has 8 nitrogen and oxygen atoms in total. The molecule has 0 aromatic carbocycles. The maximum Gasteiger partial charge on any atom is 0.469 e. The predicted octanol–water partition coefficient (Wildman–Crippen LogP) is 8.81. The summed E-state index contributed by atoms with van der Waals surface area (Å²) < 4.78 is 26.0. The molecule has 0 heterocycles. The number of carbonyl (C=O) groups excluding carboxylic acids is 2. The highest BCUT2D eigenvalue weighted by atomic mass is 31.2. The molecule has 0 rings (SSSR count). The fourth-order valence-electron chi connectivity index (χ4n) is 4.62. The molecule has 0 aromatic heterocycles. The number of unbranched alkanes of at least 4 members (excludes halogenated alkanes) is 17. The molecule has 1 atom stereocenters. The Hall–Kier alpha value is -0.950. The highest BCUT2D eigenvalue weighted by molar-refractivity contribution is 7.46. The molecule has 0 aliphatic carbocycles. The quantitative estimate of drug-likeness (QED) is 0.0502. The fraction of sp³-hybridized carbons (Fsp3) is 0.935. The van der Waals surface area contributed by atoms with Crippen LogP contribution < -0.4 is 0 Å². The van der Waals surface area contributed by atoms with Crippen molar-refractivity contribution in [1.82, 2.24) is 0 Å². The van der Waals surface area contributed by atoms with E-state index in [1.165, 1.54) is 70.6 Å². The third-order valence-electron chi connectivity index (χ3n) is 7.05. The maximum absolute atomic E-state index is 12.2. The van der Waals surface area contributed by atoms with Crippen molar-refractivity contribution in [1.29, 1.82) is 0 Å². The van der Waals surface area contributed by atoms with E-state index in [-0.39, 0.29) is 19.4 Å². The van der Waals surface area contributed by atoms with Gasteiger partial charge in [-0.05, 0) is 18.8 Å². The van der Waals surface area contributed by atoms with E-state index in [4.69, 9.17) is 19.3 Å². The van der Waals surface area contributed by atoms with Gasteiger partial charge in [0, 0.05) is 12.8 Å². The number of esters is 2. The highest BCUT2D eigenvalue weighted by Crippen LogP contribution is 2.36. The molecular formula is C31H61O8P. The van der Waals surface area contributed by atoms with Crippen LogP contribution in [-0.2, 0) is 28.2 Å². The molecule has 0 bridgehead atoms. The van der Waals surface area contributed by atoms with Crippen molar-refractivity contribution < 1.29 is 37.9 Å². The van der Waals surface area contributed by atoms with Gasteiger partial charge >= 0.3 is 19.8 Å². The third kappa shape index (κ3) is 30.0.